The minimum atomic E-state index is -0.299. The lowest BCUT2D eigenvalue weighted by Gasteiger charge is -2.60. The standard InChI is InChI=1S/C17H23NO/c1-17-9-11-7-13(10-17)15(14(8-11)18-17)16(19)12-5-3-2-4-6-12/h2-6,11,13-16,18-19H,7-10H2,1H3/t11-,13?,14+,15?,16?,17-/m0/s1. The normalized spacial score (nSPS) is 45.4. The summed E-state index contributed by atoms with van der Waals surface area (Å²) in [5.41, 5.74) is 1.44. The molecule has 3 unspecified atom stereocenters. The van der Waals surface area contributed by atoms with Gasteiger partial charge in [0, 0.05) is 17.5 Å². The van der Waals surface area contributed by atoms with Crippen LogP contribution in [-0.4, -0.2) is 16.7 Å². The number of aliphatic hydroxyl groups excluding tert-OH is 1. The molecule has 0 amide bonds. The zero-order chi connectivity index (χ0) is 13.0. The van der Waals surface area contributed by atoms with Gasteiger partial charge in [-0.05, 0) is 50.0 Å². The Bertz CT molecular complexity index is 455. The number of hydrogen-bond acceptors (Lipinski definition) is 2. The number of aliphatic hydroxyl groups is 1. The first-order chi connectivity index (χ1) is 9.15. The van der Waals surface area contributed by atoms with E-state index in [0.29, 0.717) is 23.4 Å². The molecule has 5 rings (SSSR count). The average molecular weight is 257 g/mol. The van der Waals surface area contributed by atoms with Crippen LogP contribution in [0.5, 0.6) is 0 Å². The van der Waals surface area contributed by atoms with Crippen molar-refractivity contribution < 1.29 is 5.11 Å². The third-order valence-corrected chi connectivity index (χ3v) is 5.72. The molecule has 2 saturated carbocycles. The molecule has 6 atom stereocenters. The summed E-state index contributed by atoms with van der Waals surface area (Å²) >= 11 is 0. The highest BCUT2D eigenvalue weighted by molar-refractivity contribution is 5.21. The molecule has 102 valence electrons. The van der Waals surface area contributed by atoms with E-state index in [1.54, 1.807) is 0 Å². The monoisotopic (exact) mass is 257 g/mol. The van der Waals surface area contributed by atoms with Crippen molar-refractivity contribution in [3.05, 3.63) is 35.9 Å². The van der Waals surface area contributed by atoms with Gasteiger partial charge < -0.3 is 10.4 Å². The maximum Gasteiger partial charge on any atom is 0.0835 e. The van der Waals surface area contributed by atoms with E-state index in [4.69, 9.17) is 0 Å². The molecule has 2 aliphatic heterocycles. The van der Waals surface area contributed by atoms with Crippen LogP contribution < -0.4 is 5.32 Å². The van der Waals surface area contributed by atoms with Crippen molar-refractivity contribution in [1.29, 1.82) is 0 Å². The Morgan fingerprint density at radius 2 is 2.00 bits per heavy atom. The van der Waals surface area contributed by atoms with E-state index in [1.807, 2.05) is 18.2 Å². The van der Waals surface area contributed by atoms with Crippen molar-refractivity contribution in [3.63, 3.8) is 0 Å². The largest absolute Gasteiger partial charge is 0.388 e. The fourth-order valence-electron chi connectivity index (χ4n) is 5.28. The summed E-state index contributed by atoms with van der Waals surface area (Å²) in [6, 6.07) is 10.7. The summed E-state index contributed by atoms with van der Waals surface area (Å²) in [6.07, 6.45) is 4.89. The van der Waals surface area contributed by atoms with Crippen LogP contribution in [0.4, 0.5) is 0 Å². The molecule has 0 radical (unpaired) electrons. The van der Waals surface area contributed by atoms with Crippen molar-refractivity contribution in [2.45, 2.75) is 50.3 Å². The summed E-state index contributed by atoms with van der Waals surface area (Å²) in [7, 11) is 0. The molecular formula is C17H23NO. The summed E-state index contributed by atoms with van der Waals surface area (Å²) < 4.78 is 0. The summed E-state index contributed by atoms with van der Waals surface area (Å²) in [4.78, 5) is 0. The lowest BCUT2D eigenvalue weighted by atomic mass is 9.54. The molecule has 4 aliphatic rings. The van der Waals surface area contributed by atoms with Crippen molar-refractivity contribution >= 4 is 0 Å². The quantitative estimate of drug-likeness (QED) is 0.854. The lowest BCUT2D eigenvalue weighted by Crippen LogP contribution is -2.67. The third kappa shape index (κ3) is 1.85. The van der Waals surface area contributed by atoms with Gasteiger partial charge in [0.15, 0.2) is 0 Å². The van der Waals surface area contributed by atoms with E-state index in [0.717, 1.165) is 11.5 Å². The fraction of sp³-hybridized carbons (Fsp3) is 0.647. The minimum absolute atomic E-state index is 0.299. The zero-order valence-corrected chi connectivity index (χ0v) is 11.5. The molecule has 1 aromatic carbocycles. The van der Waals surface area contributed by atoms with Gasteiger partial charge in [-0.2, -0.15) is 0 Å². The van der Waals surface area contributed by atoms with E-state index in [-0.39, 0.29) is 6.10 Å². The number of rotatable bonds is 2. The van der Waals surface area contributed by atoms with Crippen molar-refractivity contribution in [3.8, 4) is 0 Å². The summed E-state index contributed by atoms with van der Waals surface area (Å²) in [5.74, 6) is 2.01. The van der Waals surface area contributed by atoms with E-state index in [2.05, 4.69) is 24.4 Å². The molecule has 2 nitrogen and oxygen atoms in total. The fourth-order valence-corrected chi connectivity index (χ4v) is 5.28. The highest BCUT2D eigenvalue weighted by atomic mass is 16.3. The molecule has 2 N–H and O–H groups in total. The highest BCUT2D eigenvalue weighted by Crippen LogP contribution is 2.54. The second-order valence-corrected chi connectivity index (χ2v) is 7.25. The number of benzene rings is 1. The molecule has 19 heavy (non-hydrogen) atoms. The van der Waals surface area contributed by atoms with Gasteiger partial charge in [-0.3, -0.25) is 0 Å². The van der Waals surface area contributed by atoms with E-state index in [1.165, 1.54) is 25.7 Å². The average Bonchev–Trinajstić information content (AvgIpc) is 2.37. The van der Waals surface area contributed by atoms with Crippen LogP contribution in [0.1, 0.15) is 44.3 Å². The first kappa shape index (κ1) is 11.9. The minimum Gasteiger partial charge on any atom is -0.388 e. The van der Waals surface area contributed by atoms with Gasteiger partial charge in [0.05, 0.1) is 6.10 Å². The van der Waals surface area contributed by atoms with Gasteiger partial charge in [0.1, 0.15) is 0 Å². The number of nitrogens with one attached hydrogen (secondary N) is 1. The van der Waals surface area contributed by atoms with E-state index >= 15 is 0 Å². The van der Waals surface area contributed by atoms with Crippen LogP contribution in [-0.2, 0) is 0 Å². The van der Waals surface area contributed by atoms with Gasteiger partial charge in [0.25, 0.3) is 0 Å². The van der Waals surface area contributed by atoms with Gasteiger partial charge in [0.2, 0.25) is 0 Å². The first-order valence-corrected chi connectivity index (χ1v) is 7.65. The van der Waals surface area contributed by atoms with Gasteiger partial charge in [-0.15, -0.1) is 0 Å². The Morgan fingerprint density at radius 1 is 1.21 bits per heavy atom. The van der Waals surface area contributed by atoms with Crippen molar-refractivity contribution in [2.75, 3.05) is 0 Å². The van der Waals surface area contributed by atoms with Crippen molar-refractivity contribution in [1.82, 2.24) is 5.32 Å². The Morgan fingerprint density at radius 3 is 2.68 bits per heavy atom. The Kier molecular flexibility index (Phi) is 2.55. The van der Waals surface area contributed by atoms with Gasteiger partial charge >= 0.3 is 0 Å². The Hall–Kier alpha value is -0.860. The van der Waals surface area contributed by atoms with E-state index in [9.17, 15) is 5.11 Å². The predicted octanol–water partition coefficient (Wildman–Crippen LogP) is 2.89. The first-order valence-electron chi connectivity index (χ1n) is 7.65. The Balaban J connectivity index is 1.63. The molecule has 0 spiro atoms. The predicted molar refractivity (Wildman–Crippen MR) is 75.7 cm³/mol. The highest BCUT2D eigenvalue weighted by Gasteiger charge is 2.54. The van der Waals surface area contributed by atoms with Crippen LogP contribution in [0.3, 0.4) is 0 Å². The van der Waals surface area contributed by atoms with Crippen molar-refractivity contribution in [2.24, 2.45) is 17.8 Å². The van der Waals surface area contributed by atoms with Crippen LogP contribution in [0, 0.1) is 17.8 Å². The molecule has 4 bridgehead atoms. The Labute approximate surface area is 115 Å². The molecule has 2 heterocycles. The maximum atomic E-state index is 10.8. The molecule has 2 aliphatic carbocycles. The molecular weight excluding hydrogens is 234 g/mol. The van der Waals surface area contributed by atoms with Crippen LogP contribution in [0.15, 0.2) is 30.3 Å². The molecule has 0 aromatic heterocycles. The second-order valence-electron chi connectivity index (χ2n) is 7.25. The van der Waals surface area contributed by atoms with Crippen LogP contribution in [0.2, 0.25) is 0 Å². The molecule has 2 heteroatoms. The molecule has 1 aromatic rings. The molecule has 4 fully saturated rings. The third-order valence-electron chi connectivity index (χ3n) is 5.72. The number of piperidine rings is 2. The second kappa shape index (κ2) is 4.07. The lowest BCUT2D eigenvalue weighted by molar-refractivity contribution is -0.0874. The zero-order valence-electron chi connectivity index (χ0n) is 11.5. The maximum absolute atomic E-state index is 10.8. The SMILES string of the molecule is C[C@]12CC3C[C@@H](C[C@@H](N1)C3C(O)c1ccccc1)C2. The van der Waals surface area contributed by atoms with E-state index < -0.39 is 0 Å². The number of hydrogen-bond donors (Lipinski definition) is 2. The summed E-state index contributed by atoms with van der Waals surface area (Å²) in [5, 5.41) is 14.6. The van der Waals surface area contributed by atoms with Gasteiger partial charge in [-0.25, -0.2) is 0 Å². The summed E-state index contributed by atoms with van der Waals surface area (Å²) in [6.45, 7) is 2.38. The van der Waals surface area contributed by atoms with Crippen LogP contribution in [0.25, 0.3) is 0 Å². The molecule has 2 saturated heterocycles. The van der Waals surface area contributed by atoms with Gasteiger partial charge in [-0.1, -0.05) is 30.3 Å². The topological polar surface area (TPSA) is 32.3 Å². The smallest absolute Gasteiger partial charge is 0.0835 e. The van der Waals surface area contributed by atoms with Crippen LogP contribution >= 0.6 is 0 Å².